The summed E-state index contributed by atoms with van der Waals surface area (Å²) in [4.78, 5) is 36.4. The summed E-state index contributed by atoms with van der Waals surface area (Å²) in [6.07, 6.45) is 3.11. The van der Waals surface area contributed by atoms with Crippen LogP contribution in [0.5, 0.6) is 0 Å². The van der Waals surface area contributed by atoms with Crippen LogP contribution in [0.25, 0.3) is 0 Å². The summed E-state index contributed by atoms with van der Waals surface area (Å²) in [5, 5.41) is 11.5. The van der Waals surface area contributed by atoms with Crippen LogP contribution in [0.1, 0.15) is 39.0 Å². The fraction of sp³-hybridized carbons (Fsp3) is 0.786. The van der Waals surface area contributed by atoms with Gasteiger partial charge in [-0.15, -0.1) is 0 Å². The summed E-state index contributed by atoms with van der Waals surface area (Å²) in [7, 11) is 0. The molecule has 1 saturated heterocycles. The van der Waals surface area contributed by atoms with Gasteiger partial charge >= 0.3 is 5.97 Å². The second kappa shape index (κ2) is 6.24. The summed E-state index contributed by atoms with van der Waals surface area (Å²) in [6.45, 7) is 3.09. The molecule has 2 fully saturated rings. The predicted molar refractivity (Wildman–Crippen MR) is 71.9 cm³/mol. The first kappa shape index (κ1) is 14.8. The number of carboxylic acids is 1. The van der Waals surface area contributed by atoms with Gasteiger partial charge in [-0.05, 0) is 25.2 Å². The minimum absolute atomic E-state index is 0.0448. The standard InChI is InChI=1S/C14H22N2O4/c1-2-11(6-13(18)19)15-14(20)10-5-12(17)16(8-10)7-9-3-4-9/h9-11H,2-8H2,1H3,(H,15,20)(H,18,19). The van der Waals surface area contributed by atoms with E-state index in [0.29, 0.717) is 18.9 Å². The summed E-state index contributed by atoms with van der Waals surface area (Å²) in [6, 6.07) is -0.354. The SMILES string of the molecule is CCC(CC(=O)O)NC(=O)C1CC(=O)N(CC2CC2)C1. The van der Waals surface area contributed by atoms with Crippen molar-refractivity contribution in [1.29, 1.82) is 0 Å². The third kappa shape index (κ3) is 3.95. The monoisotopic (exact) mass is 282 g/mol. The average Bonchev–Trinajstić information content (AvgIpc) is 3.11. The maximum atomic E-state index is 12.1. The van der Waals surface area contributed by atoms with Gasteiger partial charge in [0.25, 0.3) is 0 Å². The molecule has 0 aromatic carbocycles. The van der Waals surface area contributed by atoms with Crippen LogP contribution >= 0.6 is 0 Å². The number of hydrogen-bond acceptors (Lipinski definition) is 3. The first-order valence-corrected chi connectivity index (χ1v) is 7.29. The van der Waals surface area contributed by atoms with E-state index in [9.17, 15) is 14.4 Å². The zero-order chi connectivity index (χ0) is 14.7. The quantitative estimate of drug-likeness (QED) is 0.716. The number of carbonyl (C=O) groups is 3. The second-order valence-electron chi connectivity index (χ2n) is 5.85. The van der Waals surface area contributed by atoms with E-state index >= 15 is 0 Å². The van der Waals surface area contributed by atoms with Crippen LogP contribution in [-0.4, -0.2) is 46.9 Å². The molecule has 0 bridgehead atoms. The zero-order valence-electron chi connectivity index (χ0n) is 11.8. The first-order chi connectivity index (χ1) is 9.49. The molecule has 6 nitrogen and oxygen atoms in total. The number of rotatable bonds is 7. The van der Waals surface area contributed by atoms with Gasteiger partial charge in [-0.3, -0.25) is 14.4 Å². The summed E-state index contributed by atoms with van der Waals surface area (Å²) in [5.74, 6) is -0.775. The Labute approximate surface area is 118 Å². The topological polar surface area (TPSA) is 86.7 Å². The molecule has 1 saturated carbocycles. The van der Waals surface area contributed by atoms with Gasteiger partial charge in [0, 0.05) is 25.6 Å². The van der Waals surface area contributed by atoms with E-state index in [4.69, 9.17) is 5.11 Å². The Balaban J connectivity index is 1.82. The molecule has 20 heavy (non-hydrogen) atoms. The van der Waals surface area contributed by atoms with E-state index in [2.05, 4.69) is 5.32 Å². The number of aliphatic carboxylic acids is 1. The Morgan fingerprint density at radius 1 is 1.45 bits per heavy atom. The number of carboxylic acid groups (broad SMARTS) is 1. The van der Waals surface area contributed by atoms with Crippen molar-refractivity contribution in [3.63, 3.8) is 0 Å². The predicted octanol–water partition coefficient (Wildman–Crippen LogP) is 0.614. The highest BCUT2D eigenvalue weighted by Crippen LogP contribution is 2.32. The zero-order valence-corrected chi connectivity index (χ0v) is 11.8. The molecule has 0 aromatic rings. The van der Waals surface area contributed by atoms with Gasteiger partial charge in [-0.2, -0.15) is 0 Å². The van der Waals surface area contributed by atoms with E-state index in [-0.39, 0.29) is 36.6 Å². The normalized spacial score (nSPS) is 23.8. The number of hydrogen-bond donors (Lipinski definition) is 2. The molecule has 0 aromatic heterocycles. The minimum Gasteiger partial charge on any atom is -0.481 e. The van der Waals surface area contributed by atoms with E-state index in [1.165, 1.54) is 12.8 Å². The molecule has 0 radical (unpaired) electrons. The average molecular weight is 282 g/mol. The number of likely N-dealkylation sites (tertiary alicyclic amines) is 1. The lowest BCUT2D eigenvalue weighted by Gasteiger charge is -2.19. The largest absolute Gasteiger partial charge is 0.481 e. The summed E-state index contributed by atoms with van der Waals surface area (Å²) >= 11 is 0. The van der Waals surface area contributed by atoms with Crippen molar-refractivity contribution >= 4 is 17.8 Å². The Kier molecular flexibility index (Phi) is 4.62. The molecular weight excluding hydrogens is 260 g/mol. The van der Waals surface area contributed by atoms with Crippen LogP contribution in [-0.2, 0) is 14.4 Å². The molecule has 2 unspecified atom stereocenters. The van der Waals surface area contributed by atoms with Crippen molar-refractivity contribution in [2.75, 3.05) is 13.1 Å². The Hall–Kier alpha value is -1.59. The number of carbonyl (C=O) groups excluding carboxylic acids is 2. The van der Waals surface area contributed by atoms with Crippen molar-refractivity contribution < 1.29 is 19.5 Å². The molecule has 1 aliphatic heterocycles. The number of nitrogens with zero attached hydrogens (tertiary/aromatic N) is 1. The minimum atomic E-state index is -0.921. The highest BCUT2D eigenvalue weighted by Gasteiger charge is 2.37. The van der Waals surface area contributed by atoms with E-state index in [1.54, 1.807) is 4.90 Å². The van der Waals surface area contributed by atoms with Crippen LogP contribution in [0.4, 0.5) is 0 Å². The molecule has 112 valence electrons. The molecule has 1 heterocycles. The van der Waals surface area contributed by atoms with Crippen LogP contribution in [0.15, 0.2) is 0 Å². The van der Waals surface area contributed by atoms with Crippen molar-refractivity contribution in [2.24, 2.45) is 11.8 Å². The third-order valence-electron chi connectivity index (χ3n) is 4.02. The summed E-state index contributed by atoms with van der Waals surface area (Å²) in [5.41, 5.74) is 0. The van der Waals surface area contributed by atoms with Crippen molar-refractivity contribution in [3.8, 4) is 0 Å². The van der Waals surface area contributed by atoms with Crippen LogP contribution < -0.4 is 5.32 Å². The van der Waals surface area contributed by atoms with Crippen LogP contribution in [0.2, 0.25) is 0 Å². The van der Waals surface area contributed by atoms with Gasteiger partial charge < -0.3 is 15.3 Å². The number of amides is 2. The molecule has 2 amide bonds. The van der Waals surface area contributed by atoms with Crippen LogP contribution in [0, 0.1) is 11.8 Å². The van der Waals surface area contributed by atoms with Gasteiger partial charge in [0.1, 0.15) is 0 Å². The Morgan fingerprint density at radius 3 is 2.70 bits per heavy atom. The number of nitrogens with one attached hydrogen (secondary N) is 1. The maximum absolute atomic E-state index is 12.1. The van der Waals surface area contributed by atoms with Gasteiger partial charge in [0.2, 0.25) is 11.8 Å². The van der Waals surface area contributed by atoms with Gasteiger partial charge in [-0.1, -0.05) is 6.92 Å². The smallest absolute Gasteiger partial charge is 0.305 e. The Morgan fingerprint density at radius 2 is 2.15 bits per heavy atom. The first-order valence-electron chi connectivity index (χ1n) is 7.29. The Bertz CT molecular complexity index is 406. The van der Waals surface area contributed by atoms with E-state index in [0.717, 1.165) is 6.54 Å². The van der Waals surface area contributed by atoms with Gasteiger partial charge in [0.15, 0.2) is 0 Å². The molecular formula is C14H22N2O4. The van der Waals surface area contributed by atoms with Gasteiger partial charge in [-0.25, -0.2) is 0 Å². The molecule has 0 spiro atoms. The second-order valence-corrected chi connectivity index (χ2v) is 5.85. The fourth-order valence-corrected chi connectivity index (χ4v) is 2.56. The third-order valence-corrected chi connectivity index (χ3v) is 4.02. The fourth-order valence-electron chi connectivity index (χ4n) is 2.56. The van der Waals surface area contributed by atoms with Crippen LogP contribution in [0.3, 0.4) is 0 Å². The highest BCUT2D eigenvalue weighted by atomic mass is 16.4. The maximum Gasteiger partial charge on any atom is 0.305 e. The highest BCUT2D eigenvalue weighted by molar-refractivity contribution is 5.89. The van der Waals surface area contributed by atoms with E-state index in [1.807, 2.05) is 6.92 Å². The lowest BCUT2D eigenvalue weighted by atomic mass is 10.1. The molecule has 2 aliphatic rings. The molecule has 2 atom stereocenters. The van der Waals surface area contributed by atoms with Crippen molar-refractivity contribution in [2.45, 2.75) is 45.1 Å². The van der Waals surface area contributed by atoms with Crippen molar-refractivity contribution in [3.05, 3.63) is 0 Å². The molecule has 2 rings (SSSR count). The molecule has 1 aliphatic carbocycles. The van der Waals surface area contributed by atoms with E-state index < -0.39 is 5.97 Å². The lowest BCUT2D eigenvalue weighted by molar-refractivity contribution is -0.138. The molecule has 6 heteroatoms. The summed E-state index contributed by atoms with van der Waals surface area (Å²) < 4.78 is 0. The molecule has 2 N–H and O–H groups in total. The van der Waals surface area contributed by atoms with Gasteiger partial charge in [0.05, 0.1) is 12.3 Å². The van der Waals surface area contributed by atoms with Crippen molar-refractivity contribution in [1.82, 2.24) is 10.2 Å². The lowest BCUT2D eigenvalue weighted by Crippen LogP contribution is -2.40.